The highest BCUT2D eigenvalue weighted by atomic mass is 16.7. The fourth-order valence-electron chi connectivity index (χ4n) is 2.56. The summed E-state index contributed by atoms with van der Waals surface area (Å²) in [4.78, 5) is 11.9. The van der Waals surface area contributed by atoms with Crippen molar-refractivity contribution in [2.45, 2.75) is 38.5 Å². The van der Waals surface area contributed by atoms with Gasteiger partial charge in [0.1, 0.15) is 0 Å². The van der Waals surface area contributed by atoms with Crippen LogP contribution in [-0.4, -0.2) is 19.2 Å². The molecule has 0 aromatic heterocycles. The van der Waals surface area contributed by atoms with Crippen molar-refractivity contribution in [3.63, 3.8) is 0 Å². The Labute approximate surface area is 119 Å². The smallest absolute Gasteiger partial charge is 0.231 e. The first-order valence-corrected chi connectivity index (χ1v) is 7.32. The van der Waals surface area contributed by atoms with Crippen molar-refractivity contribution in [1.29, 1.82) is 0 Å². The molecule has 3 rings (SSSR count). The van der Waals surface area contributed by atoms with Gasteiger partial charge in [-0.2, -0.15) is 0 Å². The van der Waals surface area contributed by atoms with Gasteiger partial charge in [-0.05, 0) is 37.0 Å². The molecule has 1 saturated carbocycles. The van der Waals surface area contributed by atoms with Gasteiger partial charge in [-0.25, -0.2) is 0 Å². The Morgan fingerprint density at radius 3 is 2.80 bits per heavy atom. The summed E-state index contributed by atoms with van der Waals surface area (Å²) in [5, 5.41) is 3.09. The molecule has 1 amide bonds. The van der Waals surface area contributed by atoms with E-state index >= 15 is 0 Å². The van der Waals surface area contributed by atoms with E-state index in [1.165, 1.54) is 5.56 Å². The molecule has 20 heavy (non-hydrogen) atoms. The Kier molecular flexibility index (Phi) is 3.32. The Morgan fingerprint density at radius 2 is 2.10 bits per heavy atom. The van der Waals surface area contributed by atoms with Crippen LogP contribution in [0.25, 0.3) is 0 Å². The van der Waals surface area contributed by atoms with Gasteiger partial charge in [-0.1, -0.05) is 19.9 Å². The zero-order valence-corrected chi connectivity index (χ0v) is 12.1. The molecular formula is C16H21NO3. The lowest BCUT2D eigenvalue weighted by Gasteiger charge is -2.18. The van der Waals surface area contributed by atoms with Gasteiger partial charge < -0.3 is 14.8 Å². The van der Waals surface area contributed by atoms with Crippen molar-refractivity contribution < 1.29 is 14.3 Å². The summed E-state index contributed by atoms with van der Waals surface area (Å²) in [7, 11) is 0. The van der Waals surface area contributed by atoms with Gasteiger partial charge in [0.25, 0.3) is 0 Å². The average molecular weight is 275 g/mol. The Morgan fingerprint density at radius 1 is 1.35 bits per heavy atom. The van der Waals surface area contributed by atoms with Crippen LogP contribution < -0.4 is 14.8 Å². The Bertz CT molecular complexity index is 522. The van der Waals surface area contributed by atoms with Crippen molar-refractivity contribution in [1.82, 2.24) is 5.32 Å². The maximum absolute atomic E-state index is 11.9. The zero-order chi connectivity index (χ0) is 14.2. The molecule has 1 aliphatic carbocycles. The predicted octanol–water partition coefficient (Wildman–Crippen LogP) is 2.61. The van der Waals surface area contributed by atoms with Crippen LogP contribution in [0.4, 0.5) is 0 Å². The molecule has 1 aliphatic heterocycles. The van der Waals surface area contributed by atoms with Gasteiger partial charge in [0.2, 0.25) is 12.7 Å². The molecule has 0 unspecified atom stereocenters. The summed E-state index contributed by atoms with van der Waals surface area (Å²) >= 11 is 0. The first kappa shape index (κ1) is 13.3. The van der Waals surface area contributed by atoms with E-state index in [0.29, 0.717) is 6.79 Å². The minimum Gasteiger partial charge on any atom is -0.454 e. The van der Waals surface area contributed by atoms with E-state index in [1.807, 2.05) is 19.9 Å². The third kappa shape index (κ3) is 2.35. The topological polar surface area (TPSA) is 47.6 Å². The molecular weight excluding hydrogens is 254 g/mol. The largest absolute Gasteiger partial charge is 0.454 e. The molecule has 4 nitrogen and oxygen atoms in total. The van der Waals surface area contributed by atoms with Gasteiger partial charge in [0.15, 0.2) is 11.5 Å². The van der Waals surface area contributed by atoms with Crippen LogP contribution in [-0.2, 0) is 10.2 Å². The summed E-state index contributed by atoms with van der Waals surface area (Å²) in [6.07, 6.45) is 3.11. The first-order chi connectivity index (χ1) is 9.64. The van der Waals surface area contributed by atoms with Gasteiger partial charge >= 0.3 is 0 Å². The second kappa shape index (κ2) is 5.00. The summed E-state index contributed by atoms with van der Waals surface area (Å²) in [6, 6.07) is 6.12. The standard InChI is InChI=1S/C16H21NO3/c1-3-11(2)15(18)17-9-16(6-7-16)12-4-5-13-14(8-12)20-10-19-13/h4-5,8,11H,3,6-7,9-10H2,1-2H3,(H,17,18)/t11-/m0/s1. The lowest BCUT2D eigenvalue weighted by Crippen LogP contribution is -2.35. The molecule has 1 aromatic rings. The van der Waals surface area contributed by atoms with E-state index in [0.717, 1.165) is 37.3 Å². The van der Waals surface area contributed by atoms with Crippen molar-refractivity contribution in [3.05, 3.63) is 23.8 Å². The normalized spacial score (nSPS) is 19.5. The molecule has 108 valence electrons. The molecule has 4 heteroatoms. The molecule has 1 atom stereocenters. The van der Waals surface area contributed by atoms with E-state index in [2.05, 4.69) is 17.4 Å². The van der Waals surface area contributed by atoms with Crippen LogP contribution in [0.2, 0.25) is 0 Å². The Hall–Kier alpha value is -1.71. The SMILES string of the molecule is CC[C@H](C)C(=O)NCC1(c2ccc3c(c2)OCO3)CC1. The summed E-state index contributed by atoms with van der Waals surface area (Å²) < 4.78 is 10.8. The van der Waals surface area contributed by atoms with Crippen LogP contribution in [0.1, 0.15) is 38.7 Å². The number of carbonyl (C=O) groups excluding carboxylic acids is 1. The van der Waals surface area contributed by atoms with E-state index in [1.54, 1.807) is 0 Å². The number of ether oxygens (including phenoxy) is 2. The number of fused-ring (bicyclic) bond motifs is 1. The highest BCUT2D eigenvalue weighted by Gasteiger charge is 2.45. The number of nitrogens with one attached hydrogen (secondary N) is 1. The summed E-state index contributed by atoms with van der Waals surface area (Å²) in [5.41, 5.74) is 1.34. The molecule has 1 fully saturated rings. The van der Waals surface area contributed by atoms with Gasteiger partial charge in [-0.15, -0.1) is 0 Å². The lowest BCUT2D eigenvalue weighted by molar-refractivity contribution is -0.124. The predicted molar refractivity (Wildman–Crippen MR) is 75.9 cm³/mol. The number of hydrogen-bond acceptors (Lipinski definition) is 3. The maximum Gasteiger partial charge on any atom is 0.231 e. The minimum absolute atomic E-state index is 0.0857. The second-order valence-electron chi connectivity index (χ2n) is 5.88. The third-order valence-corrected chi connectivity index (χ3v) is 4.50. The van der Waals surface area contributed by atoms with Crippen LogP contribution in [0.3, 0.4) is 0 Å². The molecule has 1 N–H and O–H groups in total. The highest BCUT2D eigenvalue weighted by Crippen LogP contribution is 2.49. The van der Waals surface area contributed by atoms with Crippen LogP contribution in [0, 0.1) is 5.92 Å². The summed E-state index contributed by atoms with van der Waals surface area (Å²) in [5.74, 6) is 1.87. The zero-order valence-electron chi connectivity index (χ0n) is 12.1. The molecule has 0 saturated heterocycles. The minimum atomic E-state index is 0.0857. The number of hydrogen-bond donors (Lipinski definition) is 1. The van der Waals surface area contributed by atoms with E-state index in [4.69, 9.17) is 9.47 Å². The molecule has 0 radical (unpaired) electrons. The van der Waals surface area contributed by atoms with Crippen LogP contribution in [0.15, 0.2) is 18.2 Å². The van der Waals surface area contributed by atoms with E-state index in [9.17, 15) is 4.79 Å². The lowest BCUT2D eigenvalue weighted by atomic mass is 9.95. The van der Waals surface area contributed by atoms with Crippen LogP contribution in [0.5, 0.6) is 11.5 Å². The fourth-order valence-corrected chi connectivity index (χ4v) is 2.56. The van der Waals surface area contributed by atoms with Gasteiger partial charge in [0.05, 0.1) is 0 Å². The van der Waals surface area contributed by atoms with Crippen LogP contribution >= 0.6 is 0 Å². The van der Waals surface area contributed by atoms with E-state index < -0.39 is 0 Å². The summed E-state index contributed by atoms with van der Waals surface area (Å²) in [6.45, 7) is 5.02. The third-order valence-electron chi connectivity index (χ3n) is 4.50. The van der Waals surface area contributed by atoms with Crippen molar-refractivity contribution in [2.24, 2.45) is 5.92 Å². The second-order valence-corrected chi connectivity index (χ2v) is 5.88. The molecule has 0 spiro atoms. The van der Waals surface area contributed by atoms with Crippen molar-refractivity contribution >= 4 is 5.91 Å². The quantitative estimate of drug-likeness (QED) is 0.898. The first-order valence-electron chi connectivity index (χ1n) is 7.32. The van der Waals surface area contributed by atoms with E-state index in [-0.39, 0.29) is 17.2 Å². The van der Waals surface area contributed by atoms with Gasteiger partial charge in [-0.3, -0.25) is 4.79 Å². The monoisotopic (exact) mass is 275 g/mol. The molecule has 1 heterocycles. The molecule has 2 aliphatic rings. The number of amides is 1. The number of benzene rings is 1. The van der Waals surface area contributed by atoms with Crippen molar-refractivity contribution in [3.8, 4) is 11.5 Å². The highest BCUT2D eigenvalue weighted by molar-refractivity contribution is 5.78. The van der Waals surface area contributed by atoms with Crippen molar-refractivity contribution in [2.75, 3.05) is 13.3 Å². The average Bonchev–Trinajstić information content (AvgIpc) is 3.12. The Balaban J connectivity index is 1.68. The number of carbonyl (C=O) groups is 1. The maximum atomic E-state index is 11.9. The molecule has 1 aromatic carbocycles. The molecule has 0 bridgehead atoms. The van der Waals surface area contributed by atoms with Gasteiger partial charge in [0, 0.05) is 17.9 Å². The fraction of sp³-hybridized carbons (Fsp3) is 0.562. The number of rotatable bonds is 5.